The summed E-state index contributed by atoms with van der Waals surface area (Å²) in [5, 5.41) is 14.2. The van der Waals surface area contributed by atoms with Gasteiger partial charge in [-0.1, -0.05) is 0 Å². The molecule has 0 aromatic carbocycles. The van der Waals surface area contributed by atoms with Crippen LogP contribution in [0, 0.1) is 6.92 Å². The number of aliphatic hydroxyl groups excluding tert-OH is 1. The Morgan fingerprint density at radius 2 is 2.22 bits per heavy atom. The third-order valence-electron chi connectivity index (χ3n) is 4.15. The number of carbonyl (C=O) groups excluding carboxylic acids is 1. The predicted octanol–water partition coefficient (Wildman–Crippen LogP) is 0.269. The first-order valence-electron chi connectivity index (χ1n) is 8.67. The van der Waals surface area contributed by atoms with E-state index in [0.29, 0.717) is 24.4 Å². The standard InChI is InChI=1S/C17H24N8O2/c1-10(2)25-11(3)22-12-7-19-16(6-13(12)25)23-15-4-5-24(9-20-15)21-8-14(26)17(18)27/h4-7,10,14,21,26H,8-9H2,1-3H3,(H2,18,27)(H,19,20,23). The molecule has 0 saturated heterocycles. The van der Waals surface area contributed by atoms with Gasteiger partial charge < -0.3 is 20.7 Å². The number of hydrogen-bond acceptors (Lipinski definition) is 8. The lowest BCUT2D eigenvalue weighted by molar-refractivity contribution is -0.126. The van der Waals surface area contributed by atoms with Gasteiger partial charge in [0.2, 0.25) is 5.91 Å². The summed E-state index contributed by atoms with van der Waals surface area (Å²) in [5.74, 6) is 1.52. The minimum atomic E-state index is -1.24. The number of hydrogen-bond donors (Lipinski definition) is 4. The maximum absolute atomic E-state index is 10.8. The highest BCUT2D eigenvalue weighted by atomic mass is 16.3. The molecule has 0 spiro atoms. The smallest absolute Gasteiger partial charge is 0.247 e. The molecule has 0 saturated carbocycles. The van der Waals surface area contributed by atoms with Crippen molar-refractivity contribution in [3.8, 4) is 0 Å². The van der Waals surface area contributed by atoms with Crippen LogP contribution in [0.5, 0.6) is 0 Å². The Balaban J connectivity index is 1.65. The molecule has 1 aliphatic rings. The topological polar surface area (TPSA) is 134 Å². The van der Waals surface area contributed by atoms with E-state index in [1.54, 1.807) is 23.5 Å². The number of nitrogens with one attached hydrogen (secondary N) is 2. The minimum Gasteiger partial charge on any atom is -0.382 e. The number of rotatable bonds is 6. The summed E-state index contributed by atoms with van der Waals surface area (Å²) in [4.78, 5) is 24.2. The Labute approximate surface area is 156 Å². The van der Waals surface area contributed by atoms with E-state index in [0.717, 1.165) is 16.9 Å². The monoisotopic (exact) mass is 372 g/mol. The second-order valence-electron chi connectivity index (χ2n) is 6.56. The number of pyridine rings is 1. The van der Waals surface area contributed by atoms with Crippen molar-refractivity contribution in [3.63, 3.8) is 0 Å². The van der Waals surface area contributed by atoms with Crippen molar-refractivity contribution >= 4 is 28.6 Å². The molecule has 10 heteroatoms. The number of nitrogens with two attached hydrogens (primary N) is 1. The number of nitrogens with zero attached hydrogens (tertiary/aromatic N) is 5. The van der Waals surface area contributed by atoms with Gasteiger partial charge in [0.25, 0.3) is 0 Å². The Hall–Kier alpha value is -2.98. The van der Waals surface area contributed by atoms with Gasteiger partial charge in [-0.15, -0.1) is 0 Å². The number of amides is 1. The SMILES string of the molecule is Cc1nc2cnc(NC3=NCN(NCC(O)C(N)=O)C=C3)cc2n1C(C)C. The number of aromatic nitrogens is 3. The molecule has 0 bridgehead atoms. The van der Waals surface area contributed by atoms with Crippen molar-refractivity contribution in [1.82, 2.24) is 25.0 Å². The van der Waals surface area contributed by atoms with Crippen LogP contribution in [0.1, 0.15) is 25.7 Å². The van der Waals surface area contributed by atoms with E-state index >= 15 is 0 Å². The van der Waals surface area contributed by atoms with Crippen LogP contribution in [0.3, 0.4) is 0 Å². The molecule has 0 aliphatic carbocycles. The molecule has 1 aliphatic heterocycles. The van der Waals surface area contributed by atoms with Crippen LogP contribution >= 0.6 is 0 Å². The van der Waals surface area contributed by atoms with E-state index in [1.807, 2.05) is 13.0 Å². The summed E-state index contributed by atoms with van der Waals surface area (Å²) in [5.41, 5.74) is 9.76. The van der Waals surface area contributed by atoms with E-state index in [1.165, 1.54) is 0 Å². The lowest BCUT2D eigenvalue weighted by atomic mass is 10.3. The Morgan fingerprint density at radius 1 is 1.44 bits per heavy atom. The number of fused-ring (bicyclic) bond motifs is 1. The lowest BCUT2D eigenvalue weighted by Crippen LogP contribution is -2.44. The fourth-order valence-corrected chi connectivity index (χ4v) is 2.87. The summed E-state index contributed by atoms with van der Waals surface area (Å²) >= 11 is 0. The molecule has 1 atom stereocenters. The molecular formula is C17H24N8O2. The number of hydrazine groups is 1. The molecule has 1 unspecified atom stereocenters. The zero-order valence-corrected chi connectivity index (χ0v) is 15.5. The number of aliphatic hydroxyl groups is 1. The van der Waals surface area contributed by atoms with Gasteiger partial charge in [-0.3, -0.25) is 9.80 Å². The Kier molecular flexibility index (Phi) is 5.38. The summed E-state index contributed by atoms with van der Waals surface area (Å²) in [6.45, 7) is 6.56. The molecule has 10 nitrogen and oxygen atoms in total. The summed E-state index contributed by atoms with van der Waals surface area (Å²) in [6.07, 6.45) is 4.02. The molecule has 1 amide bonds. The molecule has 3 rings (SSSR count). The van der Waals surface area contributed by atoms with Gasteiger partial charge in [-0.25, -0.2) is 20.4 Å². The Morgan fingerprint density at radius 3 is 2.85 bits per heavy atom. The van der Waals surface area contributed by atoms with Crippen LogP contribution in [0.25, 0.3) is 11.0 Å². The quantitative estimate of drug-likeness (QED) is 0.572. The average molecular weight is 372 g/mol. The van der Waals surface area contributed by atoms with E-state index in [2.05, 4.69) is 44.1 Å². The number of aryl methyl sites for hydroxylation is 1. The van der Waals surface area contributed by atoms with E-state index < -0.39 is 12.0 Å². The molecule has 0 fully saturated rings. The van der Waals surface area contributed by atoms with Crippen molar-refractivity contribution in [1.29, 1.82) is 0 Å². The van der Waals surface area contributed by atoms with Crippen molar-refractivity contribution < 1.29 is 9.90 Å². The van der Waals surface area contributed by atoms with Gasteiger partial charge in [0.15, 0.2) is 0 Å². The normalized spacial score (nSPS) is 15.3. The van der Waals surface area contributed by atoms with Crippen molar-refractivity contribution in [2.24, 2.45) is 10.7 Å². The number of primary amides is 1. The number of anilines is 1. The van der Waals surface area contributed by atoms with Gasteiger partial charge in [0.05, 0.1) is 18.3 Å². The van der Waals surface area contributed by atoms with Crippen LogP contribution in [-0.4, -0.2) is 55.7 Å². The maximum Gasteiger partial charge on any atom is 0.247 e. The highest BCUT2D eigenvalue weighted by Gasteiger charge is 2.14. The fourth-order valence-electron chi connectivity index (χ4n) is 2.87. The van der Waals surface area contributed by atoms with Gasteiger partial charge in [-0.2, -0.15) is 0 Å². The van der Waals surface area contributed by atoms with E-state index in [9.17, 15) is 9.90 Å². The molecule has 27 heavy (non-hydrogen) atoms. The number of aliphatic imine (C=N–C) groups is 1. The summed E-state index contributed by atoms with van der Waals surface area (Å²) in [6, 6.07) is 2.26. The maximum atomic E-state index is 10.8. The average Bonchev–Trinajstić information content (AvgIpc) is 2.96. The zero-order chi connectivity index (χ0) is 19.6. The Bertz CT molecular complexity index is 902. The molecular weight excluding hydrogens is 348 g/mol. The van der Waals surface area contributed by atoms with Crippen LogP contribution in [0.2, 0.25) is 0 Å². The summed E-state index contributed by atoms with van der Waals surface area (Å²) < 4.78 is 2.16. The molecule has 3 heterocycles. The van der Waals surface area contributed by atoms with Gasteiger partial charge >= 0.3 is 0 Å². The van der Waals surface area contributed by atoms with Crippen LogP contribution in [-0.2, 0) is 4.79 Å². The lowest BCUT2D eigenvalue weighted by Gasteiger charge is -2.23. The summed E-state index contributed by atoms with van der Waals surface area (Å²) in [7, 11) is 0. The second kappa shape index (κ2) is 7.72. The van der Waals surface area contributed by atoms with Crippen molar-refractivity contribution in [2.75, 3.05) is 18.5 Å². The number of amidine groups is 1. The van der Waals surface area contributed by atoms with Crippen molar-refractivity contribution in [3.05, 3.63) is 30.4 Å². The van der Waals surface area contributed by atoms with Gasteiger partial charge in [-0.05, 0) is 26.8 Å². The van der Waals surface area contributed by atoms with Crippen LogP contribution < -0.4 is 16.5 Å². The first kappa shape index (κ1) is 18.8. The second-order valence-corrected chi connectivity index (χ2v) is 6.56. The van der Waals surface area contributed by atoms with E-state index in [-0.39, 0.29) is 6.54 Å². The molecule has 5 N–H and O–H groups in total. The van der Waals surface area contributed by atoms with Gasteiger partial charge in [0.1, 0.15) is 35.8 Å². The van der Waals surface area contributed by atoms with Crippen molar-refractivity contribution in [2.45, 2.75) is 32.9 Å². The highest BCUT2D eigenvalue weighted by molar-refractivity contribution is 6.04. The predicted molar refractivity (Wildman–Crippen MR) is 103 cm³/mol. The first-order chi connectivity index (χ1) is 12.8. The number of carbonyl (C=O) groups is 1. The minimum absolute atomic E-state index is 0.0225. The molecule has 144 valence electrons. The highest BCUT2D eigenvalue weighted by Crippen LogP contribution is 2.22. The van der Waals surface area contributed by atoms with Gasteiger partial charge in [0, 0.05) is 18.3 Å². The molecule has 0 radical (unpaired) electrons. The van der Waals surface area contributed by atoms with Crippen LogP contribution in [0.15, 0.2) is 29.5 Å². The zero-order valence-electron chi connectivity index (χ0n) is 15.5. The van der Waals surface area contributed by atoms with E-state index in [4.69, 9.17) is 5.73 Å². The molecule has 2 aromatic rings. The largest absolute Gasteiger partial charge is 0.382 e. The third-order valence-corrected chi connectivity index (χ3v) is 4.15. The molecule has 2 aromatic heterocycles. The fraction of sp³-hybridized carbons (Fsp3) is 0.412. The van der Waals surface area contributed by atoms with Crippen LogP contribution in [0.4, 0.5) is 5.82 Å². The third kappa shape index (κ3) is 4.23. The first-order valence-corrected chi connectivity index (χ1v) is 8.67. The number of imidazole rings is 1.